The van der Waals surface area contributed by atoms with Gasteiger partial charge in [-0.2, -0.15) is 0 Å². The number of thioether (sulfide) groups is 1. The number of pyridine rings is 1. The molecule has 1 aromatic carbocycles. The van der Waals surface area contributed by atoms with Gasteiger partial charge in [-0.05, 0) is 36.2 Å². The number of para-hydroxylation sites is 1. The van der Waals surface area contributed by atoms with Gasteiger partial charge in [-0.1, -0.05) is 12.1 Å². The zero-order chi connectivity index (χ0) is 13.5. The van der Waals surface area contributed by atoms with Crippen LogP contribution in [0.4, 0.5) is 0 Å². The van der Waals surface area contributed by atoms with E-state index in [4.69, 9.17) is 4.74 Å². The topological polar surface area (TPSA) is 39.2 Å². The molecular formula is C15H15NO2S. The first-order chi connectivity index (χ1) is 9.25. The molecule has 0 saturated heterocycles. The Balaban J connectivity index is 1.94. The van der Waals surface area contributed by atoms with E-state index in [1.807, 2.05) is 36.4 Å². The van der Waals surface area contributed by atoms with Crippen LogP contribution in [-0.4, -0.2) is 16.7 Å². The van der Waals surface area contributed by atoms with Crippen LogP contribution in [0.5, 0.6) is 5.75 Å². The van der Waals surface area contributed by atoms with Gasteiger partial charge in [0, 0.05) is 25.1 Å². The van der Waals surface area contributed by atoms with Crippen molar-refractivity contribution in [2.75, 3.05) is 5.75 Å². The van der Waals surface area contributed by atoms with Gasteiger partial charge in [0.2, 0.25) is 0 Å². The van der Waals surface area contributed by atoms with E-state index >= 15 is 0 Å². The van der Waals surface area contributed by atoms with Gasteiger partial charge in [-0.25, -0.2) is 0 Å². The molecule has 0 N–H and O–H groups in total. The lowest BCUT2D eigenvalue weighted by Gasteiger charge is -2.08. The quantitative estimate of drug-likeness (QED) is 0.476. The molecule has 0 bridgehead atoms. The number of carbonyl (C=O) groups excluding carboxylic acids is 1. The molecule has 0 fully saturated rings. The number of nitrogens with zero attached hydrogens (tertiary/aromatic N) is 1. The third-order valence-electron chi connectivity index (χ3n) is 2.50. The fourth-order valence-corrected chi connectivity index (χ4v) is 2.62. The molecule has 0 atom stereocenters. The largest absolute Gasteiger partial charge is 0.426 e. The summed E-state index contributed by atoms with van der Waals surface area (Å²) in [6, 6.07) is 11.6. The molecule has 0 spiro atoms. The van der Waals surface area contributed by atoms with Gasteiger partial charge >= 0.3 is 5.97 Å². The van der Waals surface area contributed by atoms with Crippen LogP contribution in [0.2, 0.25) is 0 Å². The third-order valence-corrected chi connectivity index (χ3v) is 3.56. The van der Waals surface area contributed by atoms with Gasteiger partial charge in [0.05, 0.1) is 4.90 Å². The predicted molar refractivity (Wildman–Crippen MR) is 76.4 cm³/mol. The molecule has 0 aliphatic heterocycles. The van der Waals surface area contributed by atoms with E-state index in [1.54, 1.807) is 24.2 Å². The molecule has 0 radical (unpaired) electrons. The normalized spacial score (nSPS) is 10.2. The summed E-state index contributed by atoms with van der Waals surface area (Å²) in [6.07, 6.45) is 4.56. The minimum Gasteiger partial charge on any atom is -0.426 e. The fourth-order valence-electron chi connectivity index (χ4n) is 1.64. The first-order valence-corrected chi connectivity index (χ1v) is 7.03. The molecule has 0 unspecified atom stereocenters. The lowest BCUT2D eigenvalue weighted by Crippen LogP contribution is -2.02. The van der Waals surface area contributed by atoms with Crippen molar-refractivity contribution in [3.63, 3.8) is 0 Å². The second-order valence-electron chi connectivity index (χ2n) is 3.99. The van der Waals surface area contributed by atoms with Crippen LogP contribution >= 0.6 is 11.8 Å². The summed E-state index contributed by atoms with van der Waals surface area (Å²) >= 11 is 1.69. The van der Waals surface area contributed by atoms with Crippen LogP contribution in [0.3, 0.4) is 0 Å². The maximum Gasteiger partial charge on any atom is 0.308 e. The molecule has 0 amide bonds. The molecule has 1 heterocycles. The number of aromatic nitrogens is 1. The lowest BCUT2D eigenvalue weighted by molar-refractivity contribution is -0.132. The fraction of sp³-hybridized carbons (Fsp3) is 0.200. The van der Waals surface area contributed by atoms with Crippen molar-refractivity contribution < 1.29 is 9.53 Å². The highest BCUT2D eigenvalue weighted by atomic mass is 32.2. The average Bonchev–Trinajstić information content (AvgIpc) is 2.41. The number of esters is 1. The second-order valence-corrected chi connectivity index (χ2v) is 5.13. The highest BCUT2D eigenvalue weighted by Crippen LogP contribution is 2.29. The Kier molecular flexibility index (Phi) is 4.98. The molecule has 2 aromatic rings. The Bertz CT molecular complexity index is 543. The summed E-state index contributed by atoms with van der Waals surface area (Å²) in [5.41, 5.74) is 1.26. The molecule has 19 heavy (non-hydrogen) atoms. The van der Waals surface area contributed by atoms with E-state index in [2.05, 4.69) is 4.98 Å². The van der Waals surface area contributed by atoms with Crippen LogP contribution in [0.1, 0.15) is 12.5 Å². The van der Waals surface area contributed by atoms with Gasteiger partial charge in [-0.15, -0.1) is 11.8 Å². The number of aryl methyl sites for hydroxylation is 1. The van der Waals surface area contributed by atoms with Crippen LogP contribution < -0.4 is 4.74 Å². The Hall–Kier alpha value is -1.81. The van der Waals surface area contributed by atoms with E-state index in [1.165, 1.54) is 12.5 Å². The van der Waals surface area contributed by atoms with Crippen LogP contribution in [0.15, 0.2) is 53.7 Å². The Morgan fingerprint density at radius 3 is 2.68 bits per heavy atom. The Morgan fingerprint density at radius 2 is 1.95 bits per heavy atom. The van der Waals surface area contributed by atoms with Crippen molar-refractivity contribution in [1.29, 1.82) is 0 Å². The summed E-state index contributed by atoms with van der Waals surface area (Å²) < 4.78 is 5.18. The third kappa shape index (κ3) is 4.41. The minimum absolute atomic E-state index is 0.290. The van der Waals surface area contributed by atoms with Gasteiger partial charge in [0.15, 0.2) is 0 Å². The smallest absolute Gasteiger partial charge is 0.308 e. The van der Waals surface area contributed by atoms with Gasteiger partial charge in [0.25, 0.3) is 0 Å². The molecule has 1 aromatic heterocycles. The first-order valence-electron chi connectivity index (χ1n) is 6.05. The van der Waals surface area contributed by atoms with E-state index in [-0.39, 0.29) is 5.97 Å². The summed E-state index contributed by atoms with van der Waals surface area (Å²) in [5.74, 6) is 1.28. The predicted octanol–water partition coefficient (Wildman–Crippen LogP) is 3.34. The van der Waals surface area contributed by atoms with Crippen molar-refractivity contribution in [2.45, 2.75) is 18.2 Å². The van der Waals surface area contributed by atoms with Crippen LogP contribution in [0.25, 0.3) is 0 Å². The first kappa shape index (κ1) is 13.6. The van der Waals surface area contributed by atoms with Crippen LogP contribution in [0, 0.1) is 0 Å². The van der Waals surface area contributed by atoms with Crippen molar-refractivity contribution in [1.82, 2.24) is 4.98 Å². The molecule has 2 rings (SSSR count). The van der Waals surface area contributed by atoms with E-state index in [9.17, 15) is 4.79 Å². The van der Waals surface area contributed by atoms with Gasteiger partial charge < -0.3 is 4.74 Å². The molecule has 98 valence electrons. The Morgan fingerprint density at radius 1 is 1.21 bits per heavy atom. The number of ether oxygens (including phenoxy) is 1. The van der Waals surface area contributed by atoms with Crippen molar-refractivity contribution >= 4 is 17.7 Å². The summed E-state index contributed by atoms with van der Waals surface area (Å²) in [4.78, 5) is 16.0. The van der Waals surface area contributed by atoms with Crippen LogP contribution in [-0.2, 0) is 11.2 Å². The summed E-state index contributed by atoms with van der Waals surface area (Å²) in [6.45, 7) is 1.42. The number of benzene rings is 1. The van der Waals surface area contributed by atoms with Crippen molar-refractivity contribution in [3.8, 4) is 5.75 Å². The number of hydrogen-bond donors (Lipinski definition) is 0. The lowest BCUT2D eigenvalue weighted by atomic mass is 10.2. The molecule has 0 saturated carbocycles. The number of hydrogen-bond acceptors (Lipinski definition) is 4. The SMILES string of the molecule is CC(=O)Oc1ccccc1SCCc1ccncc1. The molecule has 4 heteroatoms. The average molecular weight is 273 g/mol. The highest BCUT2D eigenvalue weighted by molar-refractivity contribution is 7.99. The van der Waals surface area contributed by atoms with Crippen molar-refractivity contribution in [2.24, 2.45) is 0 Å². The second kappa shape index (κ2) is 6.95. The maximum atomic E-state index is 11.0. The van der Waals surface area contributed by atoms with Gasteiger partial charge in [-0.3, -0.25) is 9.78 Å². The Labute approximate surface area is 117 Å². The van der Waals surface area contributed by atoms with Gasteiger partial charge in [0.1, 0.15) is 5.75 Å². The van der Waals surface area contributed by atoms with E-state index < -0.39 is 0 Å². The molecule has 3 nitrogen and oxygen atoms in total. The maximum absolute atomic E-state index is 11.0. The van der Waals surface area contributed by atoms with E-state index in [0.29, 0.717) is 5.75 Å². The standard InChI is InChI=1S/C15H15NO2S/c1-12(17)18-14-4-2-3-5-15(14)19-11-8-13-6-9-16-10-7-13/h2-7,9-10H,8,11H2,1H3. The summed E-state index contributed by atoms with van der Waals surface area (Å²) in [7, 11) is 0. The highest BCUT2D eigenvalue weighted by Gasteiger charge is 2.05. The molecule has 0 aliphatic rings. The monoisotopic (exact) mass is 273 g/mol. The molecule has 0 aliphatic carbocycles. The number of rotatable bonds is 5. The number of carbonyl (C=O) groups is 1. The van der Waals surface area contributed by atoms with Crippen molar-refractivity contribution in [3.05, 3.63) is 54.4 Å². The summed E-state index contributed by atoms with van der Waals surface area (Å²) in [5, 5.41) is 0. The minimum atomic E-state index is -0.290. The van der Waals surface area contributed by atoms with E-state index in [0.717, 1.165) is 17.1 Å². The zero-order valence-electron chi connectivity index (χ0n) is 10.7. The molecular weight excluding hydrogens is 258 g/mol. The zero-order valence-corrected chi connectivity index (χ0v) is 11.5.